The molecule has 112 valence electrons. The van der Waals surface area contributed by atoms with Gasteiger partial charge >= 0.3 is 0 Å². The van der Waals surface area contributed by atoms with Gasteiger partial charge < -0.3 is 0 Å². The highest BCUT2D eigenvalue weighted by atomic mass is 16.1. The summed E-state index contributed by atoms with van der Waals surface area (Å²) in [5, 5.41) is 2.82. The van der Waals surface area contributed by atoms with Crippen LogP contribution < -0.4 is 5.32 Å². The zero-order chi connectivity index (χ0) is 15.5. The minimum atomic E-state index is -0.163. The third-order valence-corrected chi connectivity index (χ3v) is 5.25. The molecule has 4 rings (SSSR count). The van der Waals surface area contributed by atoms with Gasteiger partial charge in [0.05, 0.1) is 5.69 Å². The summed E-state index contributed by atoms with van der Waals surface area (Å²) in [7, 11) is 0. The third kappa shape index (κ3) is 1.86. The molecule has 22 heavy (non-hydrogen) atoms. The molecule has 4 nitrogen and oxygen atoms in total. The first kappa shape index (κ1) is 13.4. The number of aromatic nitrogens is 2. The summed E-state index contributed by atoms with van der Waals surface area (Å²) in [4.78, 5) is 21.3. The minimum Gasteiger partial charge on any atom is -0.290 e. The van der Waals surface area contributed by atoms with Gasteiger partial charge in [0.15, 0.2) is 0 Å². The first-order valence-corrected chi connectivity index (χ1v) is 7.72. The summed E-state index contributed by atoms with van der Waals surface area (Å²) in [6, 6.07) is 9.15. The van der Waals surface area contributed by atoms with Crippen molar-refractivity contribution in [2.75, 3.05) is 5.32 Å². The van der Waals surface area contributed by atoms with Crippen LogP contribution in [0.5, 0.6) is 0 Å². The Morgan fingerprint density at radius 1 is 1.23 bits per heavy atom. The Labute approximate surface area is 130 Å². The molecule has 0 aliphatic heterocycles. The Kier molecular flexibility index (Phi) is 2.68. The van der Waals surface area contributed by atoms with Crippen LogP contribution in [0.15, 0.2) is 30.3 Å². The van der Waals surface area contributed by atoms with Crippen LogP contribution in [0.1, 0.15) is 47.1 Å². The maximum Gasteiger partial charge on any atom is 0.258 e. The van der Waals surface area contributed by atoms with Gasteiger partial charge in [0.2, 0.25) is 5.95 Å². The van der Waals surface area contributed by atoms with Crippen LogP contribution in [0, 0.1) is 18.3 Å². The first-order valence-electron chi connectivity index (χ1n) is 7.72. The molecule has 0 spiro atoms. The molecule has 0 saturated heterocycles. The largest absolute Gasteiger partial charge is 0.290 e. The summed E-state index contributed by atoms with van der Waals surface area (Å²) >= 11 is 0. The van der Waals surface area contributed by atoms with Gasteiger partial charge in [-0.25, -0.2) is 9.97 Å². The van der Waals surface area contributed by atoms with Crippen molar-refractivity contribution in [3.8, 4) is 0 Å². The number of aryl methyl sites for hydroxylation is 1. The maximum atomic E-state index is 12.2. The molecule has 4 heteroatoms. The van der Waals surface area contributed by atoms with Crippen LogP contribution >= 0.6 is 0 Å². The van der Waals surface area contributed by atoms with Gasteiger partial charge in [-0.15, -0.1) is 0 Å². The lowest BCUT2D eigenvalue weighted by atomic mass is 9.97. The number of anilines is 1. The van der Waals surface area contributed by atoms with Crippen LogP contribution in [0.4, 0.5) is 5.95 Å². The molecule has 0 bridgehead atoms. The van der Waals surface area contributed by atoms with Crippen LogP contribution in [-0.4, -0.2) is 15.9 Å². The van der Waals surface area contributed by atoms with Crippen LogP contribution in [0.2, 0.25) is 0 Å². The summed E-state index contributed by atoms with van der Waals surface area (Å²) in [6.07, 6.45) is 1.00. The highest BCUT2D eigenvalue weighted by molar-refractivity contribution is 6.03. The molecule has 1 fully saturated rings. The number of hydrogen-bond acceptors (Lipinski definition) is 3. The molecule has 1 amide bonds. The van der Waals surface area contributed by atoms with E-state index >= 15 is 0 Å². The van der Waals surface area contributed by atoms with E-state index < -0.39 is 0 Å². The zero-order valence-corrected chi connectivity index (χ0v) is 13.1. The normalized spacial score (nSPS) is 23.6. The van der Waals surface area contributed by atoms with E-state index in [1.54, 1.807) is 12.1 Å². The van der Waals surface area contributed by atoms with Crippen LogP contribution in [0.3, 0.4) is 0 Å². The van der Waals surface area contributed by atoms with Gasteiger partial charge in [0.25, 0.3) is 5.91 Å². The lowest BCUT2D eigenvalue weighted by molar-refractivity contribution is 0.102. The quantitative estimate of drug-likeness (QED) is 0.924. The van der Waals surface area contributed by atoms with Gasteiger partial charge in [0, 0.05) is 11.3 Å². The Morgan fingerprint density at radius 2 is 1.95 bits per heavy atom. The molecule has 1 saturated carbocycles. The second-order valence-corrected chi connectivity index (χ2v) is 6.92. The third-order valence-electron chi connectivity index (χ3n) is 5.25. The monoisotopic (exact) mass is 293 g/mol. The van der Waals surface area contributed by atoms with Crippen molar-refractivity contribution in [3.05, 3.63) is 52.8 Å². The summed E-state index contributed by atoms with van der Waals surface area (Å²) < 4.78 is 0. The van der Waals surface area contributed by atoms with Gasteiger partial charge in [-0.3, -0.25) is 10.1 Å². The number of fused-ring (bicyclic) bond motifs is 3. The van der Waals surface area contributed by atoms with E-state index in [4.69, 9.17) is 0 Å². The lowest BCUT2D eigenvalue weighted by Crippen LogP contribution is -2.16. The lowest BCUT2D eigenvalue weighted by Gasteiger charge is -2.14. The molecule has 1 aromatic carbocycles. The number of rotatable bonds is 2. The Bertz CT molecular complexity index is 767. The topological polar surface area (TPSA) is 54.9 Å². The first-order chi connectivity index (χ1) is 10.5. The molecular weight excluding hydrogens is 274 g/mol. The number of hydrogen-bond donors (Lipinski definition) is 1. The molecule has 1 N–H and O–H groups in total. The van der Waals surface area contributed by atoms with Gasteiger partial charge in [-0.2, -0.15) is 0 Å². The Hall–Kier alpha value is -2.23. The van der Waals surface area contributed by atoms with Crippen LogP contribution in [-0.2, 0) is 6.42 Å². The molecule has 0 unspecified atom stereocenters. The van der Waals surface area contributed by atoms with E-state index in [0.717, 1.165) is 17.8 Å². The minimum absolute atomic E-state index is 0.163. The standard InChI is InChI=1S/C18H19N3O/c1-10-14-13(9-12-15(14)18(12,2)3)20-17(19-10)21-16(22)11-7-5-4-6-8-11/h4-8,12,15H,9H2,1-3H3,(H,19,20,21,22)/t12-,15-/m0/s1. The number of amides is 1. The number of carbonyl (C=O) groups is 1. The highest BCUT2D eigenvalue weighted by Gasteiger charge is 2.63. The number of nitrogens with zero attached hydrogens (tertiary/aromatic N) is 2. The summed E-state index contributed by atoms with van der Waals surface area (Å²) in [5.74, 6) is 1.55. The molecule has 0 radical (unpaired) electrons. The van der Waals surface area contributed by atoms with Crippen molar-refractivity contribution >= 4 is 11.9 Å². The van der Waals surface area contributed by atoms with E-state index in [1.807, 2.05) is 25.1 Å². The fourth-order valence-corrected chi connectivity index (χ4v) is 3.93. The number of benzene rings is 1. The summed E-state index contributed by atoms with van der Waals surface area (Å²) in [5.41, 5.74) is 4.44. The number of carbonyl (C=O) groups excluding carboxylic acids is 1. The average molecular weight is 293 g/mol. The second kappa shape index (κ2) is 4.38. The molecule has 1 aromatic heterocycles. The second-order valence-electron chi connectivity index (χ2n) is 6.92. The fraction of sp³-hybridized carbons (Fsp3) is 0.389. The SMILES string of the molecule is Cc1nc(NC(=O)c2ccccc2)nc2c1[C@@H]1[C@H](C2)C1(C)C. The van der Waals surface area contributed by atoms with E-state index in [1.165, 1.54) is 5.56 Å². The van der Waals surface area contributed by atoms with Crippen molar-refractivity contribution < 1.29 is 4.79 Å². The van der Waals surface area contributed by atoms with Gasteiger partial charge in [0.1, 0.15) is 0 Å². The maximum absolute atomic E-state index is 12.2. The van der Waals surface area contributed by atoms with Crippen molar-refractivity contribution in [3.63, 3.8) is 0 Å². The molecule has 2 aliphatic rings. The van der Waals surface area contributed by atoms with Gasteiger partial charge in [-0.1, -0.05) is 32.0 Å². The van der Waals surface area contributed by atoms with E-state index in [2.05, 4.69) is 29.1 Å². The van der Waals surface area contributed by atoms with Crippen molar-refractivity contribution in [2.24, 2.45) is 11.3 Å². The van der Waals surface area contributed by atoms with E-state index in [-0.39, 0.29) is 5.91 Å². The predicted molar refractivity (Wildman–Crippen MR) is 84.9 cm³/mol. The van der Waals surface area contributed by atoms with Gasteiger partial charge in [-0.05, 0) is 48.3 Å². The molecule has 1 heterocycles. The van der Waals surface area contributed by atoms with Crippen molar-refractivity contribution in [2.45, 2.75) is 33.1 Å². The molecular formula is C18H19N3O. The Morgan fingerprint density at radius 3 is 2.68 bits per heavy atom. The zero-order valence-electron chi connectivity index (χ0n) is 13.1. The number of nitrogens with one attached hydrogen (secondary N) is 1. The van der Waals surface area contributed by atoms with Crippen molar-refractivity contribution in [1.29, 1.82) is 0 Å². The van der Waals surface area contributed by atoms with E-state index in [0.29, 0.717) is 28.8 Å². The molecule has 2 aromatic rings. The van der Waals surface area contributed by atoms with E-state index in [9.17, 15) is 4.79 Å². The predicted octanol–water partition coefficient (Wildman–Crippen LogP) is 3.33. The highest BCUT2D eigenvalue weighted by Crippen LogP contribution is 2.70. The Balaban J connectivity index is 1.61. The molecule has 2 atom stereocenters. The molecule has 2 aliphatic carbocycles. The fourth-order valence-electron chi connectivity index (χ4n) is 3.93. The average Bonchev–Trinajstić information content (AvgIpc) is 2.86. The summed E-state index contributed by atoms with van der Waals surface area (Å²) in [6.45, 7) is 6.65. The van der Waals surface area contributed by atoms with Crippen molar-refractivity contribution in [1.82, 2.24) is 9.97 Å². The smallest absolute Gasteiger partial charge is 0.258 e. The van der Waals surface area contributed by atoms with Crippen LogP contribution in [0.25, 0.3) is 0 Å².